The molecule has 1 saturated heterocycles. The Balaban J connectivity index is 0.000000738. The summed E-state index contributed by atoms with van der Waals surface area (Å²) in [4.78, 5) is 39.3. The number of aryl methyl sites for hydroxylation is 1. The van der Waals surface area contributed by atoms with Crippen LogP contribution in [0, 0.1) is 24.6 Å². The summed E-state index contributed by atoms with van der Waals surface area (Å²) < 4.78 is 13.0. The normalized spacial score (nSPS) is 14.4. The number of carbonyl (C=O) groups excluding carboxylic acids is 3. The lowest BCUT2D eigenvalue weighted by Gasteiger charge is -2.18. The van der Waals surface area contributed by atoms with Gasteiger partial charge in [-0.1, -0.05) is 63.6 Å². The fourth-order valence-electron chi connectivity index (χ4n) is 4.10. The van der Waals surface area contributed by atoms with Gasteiger partial charge >= 0.3 is 0 Å². The van der Waals surface area contributed by atoms with Crippen LogP contribution in [0.1, 0.15) is 59.4 Å². The van der Waals surface area contributed by atoms with E-state index in [1.165, 1.54) is 36.0 Å². The summed E-state index contributed by atoms with van der Waals surface area (Å²) in [5, 5.41) is 8.31. The van der Waals surface area contributed by atoms with Crippen LogP contribution in [0.3, 0.4) is 0 Å². The summed E-state index contributed by atoms with van der Waals surface area (Å²) >= 11 is 0. The molecular formula is C35H52FN5O3. The molecule has 2 atom stereocenters. The monoisotopic (exact) mass is 609 g/mol. The van der Waals surface area contributed by atoms with E-state index in [0.717, 1.165) is 31.8 Å². The average Bonchev–Trinajstić information content (AvgIpc) is 3.52. The van der Waals surface area contributed by atoms with Crippen LogP contribution in [0.5, 0.6) is 0 Å². The summed E-state index contributed by atoms with van der Waals surface area (Å²) in [5.41, 5.74) is 8.76. The van der Waals surface area contributed by atoms with Gasteiger partial charge in [0.25, 0.3) is 5.91 Å². The first-order valence-corrected chi connectivity index (χ1v) is 15.3. The Morgan fingerprint density at radius 1 is 0.977 bits per heavy atom. The van der Waals surface area contributed by atoms with Crippen LogP contribution in [0.4, 0.5) is 10.1 Å². The van der Waals surface area contributed by atoms with Gasteiger partial charge in [-0.15, -0.1) is 0 Å². The van der Waals surface area contributed by atoms with Crippen molar-refractivity contribution in [2.24, 2.45) is 17.6 Å². The van der Waals surface area contributed by atoms with E-state index in [1.54, 1.807) is 31.9 Å². The van der Waals surface area contributed by atoms with Crippen molar-refractivity contribution >= 4 is 23.4 Å². The second-order valence-electron chi connectivity index (χ2n) is 11.7. The van der Waals surface area contributed by atoms with Gasteiger partial charge in [0.1, 0.15) is 5.82 Å². The van der Waals surface area contributed by atoms with Crippen molar-refractivity contribution in [1.29, 1.82) is 0 Å². The number of hydrogen-bond donors (Lipinski definition) is 4. The highest BCUT2D eigenvalue weighted by atomic mass is 19.1. The summed E-state index contributed by atoms with van der Waals surface area (Å²) in [5.74, 6) is -0.625. The van der Waals surface area contributed by atoms with E-state index in [9.17, 15) is 18.8 Å². The van der Waals surface area contributed by atoms with Crippen LogP contribution < -0.4 is 21.7 Å². The standard InChI is InChI=1S/C24H34FN5O3.C7H8.C4H10/c1-16(22(31)29-21-8-6-19(25)7-9-21)13-20(26)15-28-23(32)18(14-27-3)12-17(2)24(33)30-10-4-5-11-30;1-7-5-3-2-4-6-7;1-4(2)3/h6-9,12,14,16,20,27H,4-5,10-11,13,15,26H2,1-3H3,(H,28,32)(H,29,31);2-6H,1H3;4H,1-3H3/b17-12+,18-14+;;. The molecule has 1 aliphatic rings. The minimum Gasteiger partial charge on any atom is -0.393 e. The zero-order valence-corrected chi connectivity index (χ0v) is 27.5. The predicted molar refractivity (Wildman–Crippen MR) is 178 cm³/mol. The number of benzene rings is 2. The number of halogens is 1. The highest BCUT2D eigenvalue weighted by molar-refractivity contribution is 6.00. The van der Waals surface area contributed by atoms with Crippen LogP contribution in [-0.4, -0.2) is 55.3 Å². The van der Waals surface area contributed by atoms with E-state index in [0.29, 0.717) is 23.3 Å². The topological polar surface area (TPSA) is 117 Å². The summed E-state index contributed by atoms with van der Waals surface area (Å²) in [6.07, 6.45) is 5.44. The van der Waals surface area contributed by atoms with Gasteiger partial charge in [-0.2, -0.15) is 0 Å². The Morgan fingerprint density at radius 3 is 2.05 bits per heavy atom. The summed E-state index contributed by atoms with van der Waals surface area (Å²) in [6.45, 7) is 13.7. The molecule has 8 nitrogen and oxygen atoms in total. The number of hydrogen-bond acceptors (Lipinski definition) is 5. The Bertz CT molecular complexity index is 1200. The first-order chi connectivity index (χ1) is 20.8. The molecule has 1 fully saturated rings. The molecule has 9 heteroatoms. The first kappa shape index (κ1) is 38.0. The van der Waals surface area contributed by atoms with Gasteiger partial charge < -0.3 is 26.6 Å². The van der Waals surface area contributed by atoms with Gasteiger partial charge in [0.2, 0.25) is 11.8 Å². The third kappa shape index (κ3) is 16.0. The molecule has 2 unspecified atom stereocenters. The molecule has 1 heterocycles. The van der Waals surface area contributed by atoms with Gasteiger partial charge in [0.05, 0.1) is 5.57 Å². The number of rotatable bonds is 10. The number of anilines is 1. The van der Waals surface area contributed by atoms with Crippen LogP contribution in [-0.2, 0) is 14.4 Å². The van der Waals surface area contributed by atoms with E-state index in [4.69, 9.17) is 5.73 Å². The minimum absolute atomic E-state index is 0.0694. The molecule has 0 spiro atoms. The number of likely N-dealkylation sites (tertiary alicyclic amines) is 1. The highest BCUT2D eigenvalue weighted by Gasteiger charge is 2.21. The highest BCUT2D eigenvalue weighted by Crippen LogP contribution is 2.14. The molecule has 3 rings (SSSR count). The van der Waals surface area contributed by atoms with Crippen molar-refractivity contribution in [3.05, 3.63) is 89.4 Å². The Labute approximate surface area is 263 Å². The van der Waals surface area contributed by atoms with Crippen LogP contribution in [0.25, 0.3) is 0 Å². The third-order valence-electron chi connectivity index (χ3n) is 6.35. The molecule has 3 amide bonds. The fourth-order valence-corrected chi connectivity index (χ4v) is 4.10. The molecule has 0 radical (unpaired) electrons. The Kier molecular flexibility index (Phi) is 18.0. The van der Waals surface area contributed by atoms with Gasteiger partial charge in [-0.3, -0.25) is 14.4 Å². The SMILES string of the molecule is CC(C)C.CN/C=C(\C=C(/C)C(=O)N1CCCC1)C(=O)NCC(N)CC(C)C(=O)Nc1ccc(F)cc1.Cc1ccccc1. The van der Waals surface area contributed by atoms with Gasteiger partial charge in [-0.25, -0.2) is 4.39 Å². The average molecular weight is 610 g/mol. The number of nitrogens with zero attached hydrogens (tertiary/aromatic N) is 1. The zero-order valence-electron chi connectivity index (χ0n) is 27.5. The van der Waals surface area contributed by atoms with E-state index in [2.05, 4.69) is 55.8 Å². The Hall–Kier alpha value is -3.98. The van der Waals surface area contributed by atoms with Crippen molar-refractivity contribution in [2.75, 3.05) is 32.0 Å². The van der Waals surface area contributed by atoms with E-state index in [-0.39, 0.29) is 30.1 Å². The molecule has 2 aromatic rings. The lowest BCUT2D eigenvalue weighted by atomic mass is 10.0. The van der Waals surface area contributed by atoms with Gasteiger partial charge in [0.15, 0.2) is 0 Å². The molecule has 44 heavy (non-hydrogen) atoms. The van der Waals surface area contributed by atoms with E-state index >= 15 is 0 Å². The van der Waals surface area contributed by atoms with E-state index in [1.807, 2.05) is 18.2 Å². The van der Waals surface area contributed by atoms with Gasteiger partial charge in [-0.05, 0) is 69.4 Å². The summed E-state index contributed by atoms with van der Waals surface area (Å²) in [6, 6.07) is 15.3. The van der Waals surface area contributed by atoms with Crippen molar-refractivity contribution < 1.29 is 18.8 Å². The van der Waals surface area contributed by atoms with Crippen molar-refractivity contribution in [2.45, 2.75) is 66.8 Å². The molecule has 242 valence electrons. The first-order valence-electron chi connectivity index (χ1n) is 15.3. The van der Waals surface area contributed by atoms with Crippen LogP contribution in [0.15, 0.2) is 78.0 Å². The fraction of sp³-hybridized carbons (Fsp3) is 0.457. The maximum absolute atomic E-state index is 13.0. The second kappa shape index (κ2) is 20.8. The number of nitrogens with one attached hydrogen (secondary N) is 3. The molecule has 0 saturated carbocycles. The molecule has 2 aromatic carbocycles. The predicted octanol–water partition coefficient (Wildman–Crippen LogP) is 5.56. The molecule has 1 aliphatic heterocycles. The number of amides is 3. The lowest BCUT2D eigenvalue weighted by molar-refractivity contribution is -0.126. The lowest BCUT2D eigenvalue weighted by Crippen LogP contribution is -2.40. The van der Waals surface area contributed by atoms with Crippen molar-refractivity contribution in [3.63, 3.8) is 0 Å². The maximum Gasteiger partial charge on any atom is 0.252 e. The molecule has 5 N–H and O–H groups in total. The van der Waals surface area contributed by atoms with Crippen molar-refractivity contribution in [3.8, 4) is 0 Å². The second-order valence-corrected chi connectivity index (χ2v) is 11.7. The minimum atomic E-state index is -0.449. The smallest absolute Gasteiger partial charge is 0.252 e. The largest absolute Gasteiger partial charge is 0.393 e. The van der Waals surface area contributed by atoms with Crippen LogP contribution in [0.2, 0.25) is 0 Å². The zero-order chi connectivity index (χ0) is 33.1. The van der Waals surface area contributed by atoms with E-state index < -0.39 is 12.0 Å². The molecular weight excluding hydrogens is 557 g/mol. The van der Waals surface area contributed by atoms with Crippen LogP contribution >= 0.6 is 0 Å². The molecule has 0 aromatic heterocycles. The quantitative estimate of drug-likeness (QED) is 0.208. The van der Waals surface area contributed by atoms with Crippen molar-refractivity contribution in [1.82, 2.24) is 15.5 Å². The number of carbonyl (C=O) groups is 3. The maximum atomic E-state index is 13.0. The molecule has 0 aliphatic carbocycles. The summed E-state index contributed by atoms with van der Waals surface area (Å²) in [7, 11) is 1.67. The molecule has 0 bridgehead atoms. The Morgan fingerprint density at radius 2 is 1.55 bits per heavy atom. The van der Waals surface area contributed by atoms with Gasteiger partial charge in [0, 0.05) is 56.1 Å². The number of nitrogens with two attached hydrogens (primary N) is 1. The third-order valence-corrected chi connectivity index (χ3v) is 6.35.